The quantitative estimate of drug-likeness (QED) is 0.623. The summed E-state index contributed by atoms with van der Waals surface area (Å²) in [6.45, 7) is 1.02. The highest BCUT2D eigenvalue weighted by molar-refractivity contribution is 7.89. The highest BCUT2D eigenvalue weighted by Crippen LogP contribution is 2.22. The Bertz CT molecular complexity index is 1190. The standard InChI is InChI=1S/C19H20N4O4S/c24-18(20-14-7-8-16-17(12-14)22-19(25)21-16)13-5-4-6-15(11-13)28(26,27)23-9-2-1-3-10-23/h4-8,11-12H,1-3,9-10H2,(H,20,24)(H2,21,22,25). The van der Waals surface area contributed by atoms with Crippen molar-refractivity contribution < 1.29 is 13.2 Å². The average Bonchev–Trinajstić information content (AvgIpc) is 3.08. The predicted molar refractivity (Wildman–Crippen MR) is 106 cm³/mol. The van der Waals surface area contributed by atoms with E-state index < -0.39 is 15.9 Å². The van der Waals surface area contributed by atoms with Crippen molar-refractivity contribution in [1.29, 1.82) is 0 Å². The van der Waals surface area contributed by atoms with Crippen LogP contribution in [0.4, 0.5) is 5.69 Å². The molecule has 1 aliphatic heterocycles. The normalized spacial score (nSPS) is 15.6. The summed E-state index contributed by atoms with van der Waals surface area (Å²) in [4.78, 5) is 29.3. The zero-order valence-electron chi connectivity index (χ0n) is 15.1. The number of rotatable bonds is 4. The number of piperidine rings is 1. The van der Waals surface area contributed by atoms with Crippen molar-refractivity contribution in [3.05, 3.63) is 58.5 Å². The summed E-state index contributed by atoms with van der Waals surface area (Å²) < 4.78 is 27.1. The van der Waals surface area contributed by atoms with Gasteiger partial charge in [0.25, 0.3) is 5.91 Å². The van der Waals surface area contributed by atoms with Gasteiger partial charge < -0.3 is 15.3 Å². The first-order valence-electron chi connectivity index (χ1n) is 9.07. The largest absolute Gasteiger partial charge is 0.323 e. The second-order valence-corrected chi connectivity index (χ2v) is 8.72. The van der Waals surface area contributed by atoms with Crippen molar-refractivity contribution >= 4 is 32.7 Å². The number of carbonyl (C=O) groups excluding carboxylic acids is 1. The van der Waals surface area contributed by atoms with Crippen LogP contribution in [0.5, 0.6) is 0 Å². The number of H-pyrrole nitrogens is 2. The molecule has 0 saturated carbocycles. The van der Waals surface area contributed by atoms with E-state index in [0.29, 0.717) is 29.8 Å². The lowest BCUT2D eigenvalue weighted by Gasteiger charge is -2.26. The molecule has 1 fully saturated rings. The van der Waals surface area contributed by atoms with Crippen LogP contribution in [0.15, 0.2) is 52.2 Å². The molecule has 2 aromatic carbocycles. The molecular formula is C19H20N4O4S. The summed E-state index contributed by atoms with van der Waals surface area (Å²) in [5.74, 6) is -0.423. The Kier molecular flexibility index (Phi) is 4.78. The number of fused-ring (bicyclic) bond motifs is 1. The molecule has 0 aliphatic carbocycles. The van der Waals surface area contributed by atoms with E-state index in [4.69, 9.17) is 0 Å². The molecule has 0 unspecified atom stereocenters. The molecule has 1 amide bonds. The number of aromatic amines is 2. The molecule has 2 heterocycles. The lowest BCUT2D eigenvalue weighted by Crippen LogP contribution is -2.35. The van der Waals surface area contributed by atoms with Crippen molar-refractivity contribution in [3.8, 4) is 0 Å². The number of nitrogens with one attached hydrogen (secondary N) is 3. The van der Waals surface area contributed by atoms with Crippen LogP contribution in [0.1, 0.15) is 29.6 Å². The molecule has 1 aromatic heterocycles. The van der Waals surface area contributed by atoms with E-state index in [-0.39, 0.29) is 16.1 Å². The number of carbonyl (C=O) groups is 1. The van der Waals surface area contributed by atoms with Gasteiger partial charge in [-0.05, 0) is 49.2 Å². The van der Waals surface area contributed by atoms with Crippen LogP contribution in [0.3, 0.4) is 0 Å². The maximum atomic E-state index is 12.8. The molecule has 9 heteroatoms. The van der Waals surface area contributed by atoms with Crippen LogP contribution in [0, 0.1) is 0 Å². The first kappa shape index (κ1) is 18.5. The zero-order chi connectivity index (χ0) is 19.7. The van der Waals surface area contributed by atoms with Crippen LogP contribution in [-0.2, 0) is 10.0 Å². The molecule has 1 aliphatic rings. The number of nitrogens with zero attached hydrogens (tertiary/aromatic N) is 1. The van der Waals surface area contributed by atoms with E-state index >= 15 is 0 Å². The second kappa shape index (κ2) is 7.25. The van der Waals surface area contributed by atoms with Crippen LogP contribution < -0.4 is 11.0 Å². The van der Waals surface area contributed by atoms with E-state index in [0.717, 1.165) is 19.3 Å². The zero-order valence-corrected chi connectivity index (χ0v) is 15.9. The summed E-state index contributed by atoms with van der Waals surface area (Å²) >= 11 is 0. The van der Waals surface area contributed by atoms with Crippen LogP contribution in [-0.4, -0.2) is 41.7 Å². The molecule has 0 spiro atoms. The number of amides is 1. The Hall–Kier alpha value is -2.91. The minimum absolute atomic E-state index is 0.118. The molecule has 0 bridgehead atoms. The van der Waals surface area contributed by atoms with Gasteiger partial charge in [-0.2, -0.15) is 4.31 Å². The first-order valence-corrected chi connectivity index (χ1v) is 10.5. The number of hydrogen-bond acceptors (Lipinski definition) is 4. The van der Waals surface area contributed by atoms with Gasteiger partial charge in [0, 0.05) is 24.3 Å². The van der Waals surface area contributed by atoms with Gasteiger partial charge in [0.05, 0.1) is 15.9 Å². The Morgan fingerprint density at radius 2 is 1.71 bits per heavy atom. The van der Waals surface area contributed by atoms with Crippen LogP contribution >= 0.6 is 0 Å². The Morgan fingerprint density at radius 3 is 2.50 bits per heavy atom. The van der Waals surface area contributed by atoms with Crippen LogP contribution in [0.2, 0.25) is 0 Å². The molecule has 28 heavy (non-hydrogen) atoms. The maximum absolute atomic E-state index is 12.8. The molecular weight excluding hydrogens is 380 g/mol. The minimum Gasteiger partial charge on any atom is -0.322 e. The third kappa shape index (κ3) is 3.58. The fourth-order valence-corrected chi connectivity index (χ4v) is 4.93. The minimum atomic E-state index is -3.61. The van der Waals surface area contributed by atoms with Crippen molar-refractivity contribution in [2.24, 2.45) is 0 Å². The fraction of sp³-hybridized carbons (Fsp3) is 0.263. The van der Waals surface area contributed by atoms with E-state index in [1.807, 2.05) is 0 Å². The lowest BCUT2D eigenvalue weighted by atomic mass is 10.2. The molecule has 146 valence electrons. The lowest BCUT2D eigenvalue weighted by molar-refractivity contribution is 0.102. The van der Waals surface area contributed by atoms with Gasteiger partial charge in [-0.1, -0.05) is 12.5 Å². The molecule has 0 radical (unpaired) electrons. The summed E-state index contributed by atoms with van der Waals surface area (Å²) in [5.41, 5.74) is 1.63. The highest BCUT2D eigenvalue weighted by atomic mass is 32.2. The SMILES string of the molecule is O=C(Nc1ccc2[nH]c(=O)[nH]c2c1)c1cccc(S(=O)(=O)N2CCCCC2)c1. The van der Waals surface area contributed by atoms with Gasteiger partial charge in [-0.25, -0.2) is 13.2 Å². The van der Waals surface area contributed by atoms with E-state index in [1.165, 1.54) is 16.4 Å². The number of imidazole rings is 1. The van der Waals surface area contributed by atoms with E-state index in [1.54, 1.807) is 30.3 Å². The Morgan fingerprint density at radius 1 is 0.964 bits per heavy atom. The van der Waals surface area contributed by atoms with Gasteiger partial charge in [0.2, 0.25) is 10.0 Å². The van der Waals surface area contributed by atoms with Gasteiger partial charge in [-0.15, -0.1) is 0 Å². The van der Waals surface area contributed by atoms with Crippen molar-refractivity contribution in [1.82, 2.24) is 14.3 Å². The van der Waals surface area contributed by atoms with Gasteiger partial charge in [-0.3, -0.25) is 4.79 Å². The number of anilines is 1. The summed E-state index contributed by atoms with van der Waals surface area (Å²) in [5, 5.41) is 2.73. The van der Waals surface area contributed by atoms with Gasteiger partial charge >= 0.3 is 5.69 Å². The fourth-order valence-electron chi connectivity index (χ4n) is 3.37. The smallest absolute Gasteiger partial charge is 0.322 e. The van der Waals surface area contributed by atoms with Crippen molar-refractivity contribution in [3.63, 3.8) is 0 Å². The highest BCUT2D eigenvalue weighted by Gasteiger charge is 2.26. The van der Waals surface area contributed by atoms with Crippen molar-refractivity contribution in [2.75, 3.05) is 18.4 Å². The van der Waals surface area contributed by atoms with E-state index in [9.17, 15) is 18.0 Å². The monoisotopic (exact) mass is 400 g/mol. The average molecular weight is 400 g/mol. The molecule has 8 nitrogen and oxygen atoms in total. The number of hydrogen-bond donors (Lipinski definition) is 3. The first-order chi connectivity index (χ1) is 13.4. The summed E-state index contributed by atoms with van der Waals surface area (Å²) in [6, 6.07) is 11.0. The van der Waals surface area contributed by atoms with Gasteiger partial charge in [0.1, 0.15) is 0 Å². The molecule has 3 N–H and O–H groups in total. The summed E-state index contributed by atoms with van der Waals surface area (Å²) in [6.07, 6.45) is 2.73. The number of aromatic nitrogens is 2. The third-order valence-corrected chi connectivity index (χ3v) is 6.72. The number of benzene rings is 2. The van der Waals surface area contributed by atoms with E-state index in [2.05, 4.69) is 15.3 Å². The van der Waals surface area contributed by atoms with Crippen molar-refractivity contribution in [2.45, 2.75) is 24.2 Å². The maximum Gasteiger partial charge on any atom is 0.323 e. The summed E-state index contributed by atoms with van der Waals surface area (Å²) in [7, 11) is -3.61. The Labute approximate surface area is 161 Å². The molecule has 4 rings (SSSR count). The molecule has 0 atom stereocenters. The topological polar surface area (TPSA) is 115 Å². The Balaban J connectivity index is 1.57. The van der Waals surface area contributed by atoms with Gasteiger partial charge in [0.15, 0.2) is 0 Å². The van der Waals surface area contributed by atoms with Crippen LogP contribution in [0.25, 0.3) is 11.0 Å². The second-order valence-electron chi connectivity index (χ2n) is 6.79. The molecule has 3 aromatic rings. The molecule has 1 saturated heterocycles. The third-order valence-electron chi connectivity index (χ3n) is 4.82. The number of sulfonamides is 1. The predicted octanol–water partition coefficient (Wildman–Crippen LogP) is 2.28.